The fraction of sp³-hybridized carbons (Fsp3) is 0.692. The highest BCUT2D eigenvalue weighted by atomic mass is 16.5. The molecule has 0 bridgehead atoms. The Labute approximate surface area is 114 Å². The number of nitrogens with zero attached hydrogens (tertiary/aromatic N) is 3. The van der Waals surface area contributed by atoms with Gasteiger partial charge in [-0.15, -0.1) is 0 Å². The molecule has 0 amide bonds. The average molecular weight is 265 g/mol. The van der Waals surface area contributed by atoms with Crippen LogP contribution in [0.5, 0.6) is 0 Å². The van der Waals surface area contributed by atoms with Crippen LogP contribution in [0.15, 0.2) is 0 Å². The first-order chi connectivity index (χ1) is 9.00. The lowest BCUT2D eigenvalue weighted by molar-refractivity contribution is 0.0575. The summed E-state index contributed by atoms with van der Waals surface area (Å²) in [6, 6.07) is 0. The summed E-state index contributed by atoms with van der Waals surface area (Å²) in [4.78, 5) is 2.13. The Bertz CT molecular complexity index is 462. The molecule has 6 heteroatoms. The summed E-state index contributed by atoms with van der Waals surface area (Å²) < 4.78 is 7.32. The van der Waals surface area contributed by atoms with Gasteiger partial charge in [0.1, 0.15) is 11.7 Å². The number of amidine groups is 1. The van der Waals surface area contributed by atoms with E-state index in [0.29, 0.717) is 5.92 Å². The van der Waals surface area contributed by atoms with Crippen molar-refractivity contribution >= 4 is 11.7 Å². The van der Waals surface area contributed by atoms with E-state index in [1.807, 2.05) is 21.0 Å². The fourth-order valence-corrected chi connectivity index (χ4v) is 2.82. The molecule has 1 aliphatic rings. The van der Waals surface area contributed by atoms with Crippen LogP contribution in [-0.2, 0) is 11.8 Å². The van der Waals surface area contributed by atoms with E-state index in [1.54, 1.807) is 4.68 Å². The molecular formula is C13H23N5O. The number of anilines is 1. The second-order valence-electron chi connectivity index (χ2n) is 5.28. The maximum atomic E-state index is 7.72. The number of aromatic nitrogens is 2. The van der Waals surface area contributed by atoms with Gasteiger partial charge in [-0.3, -0.25) is 10.1 Å². The van der Waals surface area contributed by atoms with E-state index >= 15 is 0 Å². The number of hydrogen-bond donors (Lipinski definition) is 2. The Balaban J connectivity index is 2.18. The van der Waals surface area contributed by atoms with Gasteiger partial charge in [0.05, 0.1) is 17.9 Å². The van der Waals surface area contributed by atoms with Crippen molar-refractivity contribution in [1.29, 1.82) is 5.41 Å². The minimum atomic E-state index is 0.0762. The molecule has 1 saturated heterocycles. The highest BCUT2D eigenvalue weighted by molar-refractivity contribution is 6.00. The van der Waals surface area contributed by atoms with Gasteiger partial charge in [0, 0.05) is 27.2 Å². The lowest BCUT2D eigenvalue weighted by Gasteiger charge is -2.28. The number of nitrogen functional groups attached to an aromatic ring is 1. The molecule has 1 aliphatic heterocycles. The van der Waals surface area contributed by atoms with Gasteiger partial charge >= 0.3 is 0 Å². The predicted molar refractivity (Wildman–Crippen MR) is 75.8 cm³/mol. The van der Waals surface area contributed by atoms with E-state index in [2.05, 4.69) is 10.00 Å². The van der Waals surface area contributed by atoms with Crippen molar-refractivity contribution < 1.29 is 4.74 Å². The van der Waals surface area contributed by atoms with Crippen LogP contribution < -0.4 is 10.6 Å². The van der Waals surface area contributed by atoms with Crippen molar-refractivity contribution in [2.24, 2.45) is 18.7 Å². The largest absolute Gasteiger partial charge is 0.384 e. The molecule has 1 fully saturated rings. The molecule has 0 aliphatic carbocycles. The number of hydrogen-bond acceptors (Lipinski definition) is 4. The second-order valence-corrected chi connectivity index (χ2v) is 5.28. The molecule has 1 aromatic heterocycles. The van der Waals surface area contributed by atoms with Gasteiger partial charge in [-0.2, -0.15) is 5.10 Å². The van der Waals surface area contributed by atoms with Gasteiger partial charge in [0.25, 0.3) is 0 Å². The molecule has 0 aromatic carbocycles. The van der Waals surface area contributed by atoms with Crippen LogP contribution in [-0.4, -0.2) is 42.4 Å². The minimum Gasteiger partial charge on any atom is -0.384 e. The SMILES string of the molecule is Cc1nn(C)c(N(C)CC2CCCOC2)c1C(=N)N. The first-order valence-corrected chi connectivity index (χ1v) is 6.67. The van der Waals surface area contributed by atoms with E-state index in [4.69, 9.17) is 15.9 Å². The Kier molecular flexibility index (Phi) is 4.09. The Morgan fingerprint density at radius 1 is 1.63 bits per heavy atom. The summed E-state index contributed by atoms with van der Waals surface area (Å²) in [5.41, 5.74) is 7.22. The molecule has 106 valence electrons. The normalized spacial score (nSPS) is 19.4. The monoisotopic (exact) mass is 265 g/mol. The topological polar surface area (TPSA) is 80.2 Å². The van der Waals surface area contributed by atoms with Crippen LogP contribution >= 0.6 is 0 Å². The zero-order valence-electron chi connectivity index (χ0n) is 11.9. The van der Waals surface area contributed by atoms with Gasteiger partial charge in [0.2, 0.25) is 0 Å². The molecule has 6 nitrogen and oxygen atoms in total. The Morgan fingerprint density at radius 3 is 2.95 bits per heavy atom. The molecular weight excluding hydrogens is 242 g/mol. The summed E-state index contributed by atoms with van der Waals surface area (Å²) in [5.74, 6) is 1.52. The maximum Gasteiger partial charge on any atom is 0.137 e. The third-order valence-electron chi connectivity index (χ3n) is 3.61. The van der Waals surface area contributed by atoms with Crippen molar-refractivity contribution in [2.75, 3.05) is 31.7 Å². The predicted octanol–water partition coefficient (Wildman–Crippen LogP) is 0.875. The van der Waals surface area contributed by atoms with E-state index in [-0.39, 0.29) is 5.84 Å². The quantitative estimate of drug-likeness (QED) is 0.625. The van der Waals surface area contributed by atoms with Crippen molar-refractivity contribution in [1.82, 2.24) is 9.78 Å². The van der Waals surface area contributed by atoms with Crippen LogP contribution in [0.4, 0.5) is 5.82 Å². The summed E-state index contributed by atoms with van der Waals surface area (Å²) in [7, 11) is 3.92. The minimum absolute atomic E-state index is 0.0762. The smallest absolute Gasteiger partial charge is 0.137 e. The van der Waals surface area contributed by atoms with Crippen molar-refractivity contribution in [3.63, 3.8) is 0 Å². The summed E-state index contributed by atoms with van der Waals surface area (Å²) in [5, 5.41) is 12.1. The number of ether oxygens (including phenoxy) is 1. The van der Waals surface area contributed by atoms with E-state index in [0.717, 1.165) is 43.3 Å². The number of nitrogens with two attached hydrogens (primary N) is 1. The molecule has 0 saturated carbocycles. The van der Waals surface area contributed by atoms with Gasteiger partial charge < -0.3 is 15.4 Å². The molecule has 2 rings (SSSR count). The molecule has 3 N–H and O–H groups in total. The van der Waals surface area contributed by atoms with E-state index < -0.39 is 0 Å². The lowest BCUT2D eigenvalue weighted by atomic mass is 10.0. The lowest BCUT2D eigenvalue weighted by Crippen LogP contribution is -2.33. The summed E-state index contributed by atoms with van der Waals surface area (Å²) in [6.45, 7) is 4.48. The van der Waals surface area contributed by atoms with Crippen molar-refractivity contribution in [3.8, 4) is 0 Å². The third-order valence-corrected chi connectivity index (χ3v) is 3.61. The van der Waals surface area contributed by atoms with Crippen LogP contribution in [0.2, 0.25) is 0 Å². The highest BCUT2D eigenvalue weighted by Gasteiger charge is 2.22. The van der Waals surface area contributed by atoms with Crippen LogP contribution in [0, 0.1) is 18.3 Å². The average Bonchev–Trinajstić information content (AvgIpc) is 2.65. The molecule has 1 aromatic rings. The molecule has 19 heavy (non-hydrogen) atoms. The van der Waals surface area contributed by atoms with Crippen molar-refractivity contribution in [2.45, 2.75) is 19.8 Å². The van der Waals surface area contributed by atoms with Gasteiger partial charge in [-0.05, 0) is 25.7 Å². The van der Waals surface area contributed by atoms with Crippen LogP contribution in [0.3, 0.4) is 0 Å². The maximum absolute atomic E-state index is 7.72. The third kappa shape index (κ3) is 2.89. The second kappa shape index (κ2) is 5.61. The molecule has 1 atom stereocenters. The first kappa shape index (κ1) is 13.9. The highest BCUT2D eigenvalue weighted by Crippen LogP contribution is 2.24. The zero-order chi connectivity index (χ0) is 14.0. The van der Waals surface area contributed by atoms with Crippen molar-refractivity contribution in [3.05, 3.63) is 11.3 Å². The standard InChI is InChI=1S/C13H23N5O/c1-9-11(12(14)15)13(18(3)16-9)17(2)7-10-5-4-6-19-8-10/h10H,4-8H2,1-3H3,(H3,14,15). The van der Waals surface area contributed by atoms with Gasteiger partial charge in [0.15, 0.2) is 0 Å². The fourth-order valence-electron chi connectivity index (χ4n) is 2.82. The Hall–Kier alpha value is -1.56. The summed E-state index contributed by atoms with van der Waals surface area (Å²) >= 11 is 0. The van der Waals surface area contributed by atoms with Gasteiger partial charge in [-0.1, -0.05) is 0 Å². The number of nitrogens with one attached hydrogen (secondary N) is 1. The summed E-state index contributed by atoms with van der Waals surface area (Å²) in [6.07, 6.45) is 2.32. The molecule has 0 radical (unpaired) electrons. The Morgan fingerprint density at radius 2 is 2.37 bits per heavy atom. The van der Waals surface area contributed by atoms with Crippen LogP contribution in [0.25, 0.3) is 0 Å². The van der Waals surface area contributed by atoms with Gasteiger partial charge in [-0.25, -0.2) is 0 Å². The number of aryl methyl sites for hydroxylation is 2. The van der Waals surface area contributed by atoms with E-state index in [1.165, 1.54) is 6.42 Å². The first-order valence-electron chi connectivity index (χ1n) is 6.67. The van der Waals surface area contributed by atoms with E-state index in [9.17, 15) is 0 Å². The van der Waals surface area contributed by atoms with Crippen LogP contribution in [0.1, 0.15) is 24.1 Å². The molecule has 2 heterocycles. The molecule has 0 spiro atoms. The molecule has 1 unspecified atom stereocenters. The zero-order valence-corrected chi connectivity index (χ0v) is 11.9. The number of rotatable bonds is 4.